The van der Waals surface area contributed by atoms with Crippen LogP contribution in [-0.2, 0) is 16.0 Å². The summed E-state index contributed by atoms with van der Waals surface area (Å²) in [4.78, 5) is 22.1. The van der Waals surface area contributed by atoms with E-state index in [4.69, 9.17) is 4.74 Å². The van der Waals surface area contributed by atoms with Crippen molar-refractivity contribution in [3.8, 4) is 5.75 Å². The van der Waals surface area contributed by atoms with Crippen molar-refractivity contribution < 1.29 is 14.6 Å². The van der Waals surface area contributed by atoms with E-state index < -0.39 is 5.97 Å². The summed E-state index contributed by atoms with van der Waals surface area (Å²) < 4.78 is 5.09. The second kappa shape index (κ2) is 7.73. The first-order chi connectivity index (χ1) is 10.7. The molecule has 0 aliphatic heterocycles. The molecule has 0 saturated heterocycles. The fourth-order valence-corrected chi connectivity index (χ4v) is 1.84. The molecule has 1 N–H and O–H groups in total. The molecule has 2 aromatic rings. The second-order valence-corrected chi connectivity index (χ2v) is 4.58. The third kappa shape index (κ3) is 4.56. The number of rotatable bonds is 6. The van der Waals surface area contributed by atoms with E-state index in [0.29, 0.717) is 18.6 Å². The number of carbonyl (C=O) groups excluding carboxylic acids is 1. The molecule has 0 atom stereocenters. The Bertz CT molecular complexity index is 680. The van der Waals surface area contributed by atoms with Gasteiger partial charge in [-0.2, -0.15) is 0 Å². The Hall–Kier alpha value is -2.95. The predicted octanol–water partition coefficient (Wildman–Crippen LogP) is 3.59. The Labute approximate surface area is 127 Å². The molecular weight excluding hydrogens is 282 g/mol. The van der Waals surface area contributed by atoms with Crippen LogP contribution in [0.3, 0.4) is 0 Å². The van der Waals surface area contributed by atoms with Gasteiger partial charge in [0.05, 0.1) is 6.61 Å². The molecule has 0 aromatic heterocycles. The van der Waals surface area contributed by atoms with Gasteiger partial charge in [-0.25, -0.2) is 4.79 Å². The molecule has 0 radical (unpaired) electrons. The van der Waals surface area contributed by atoms with E-state index in [1.54, 1.807) is 6.07 Å². The lowest BCUT2D eigenvalue weighted by Gasteiger charge is -2.02. The molecule has 0 fully saturated rings. The van der Waals surface area contributed by atoms with Crippen LogP contribution in [0.5, 0.6) is 5.75 Å². The number of hydrogen-bond donors (Lipinski definition) is 1. The van der Waals surface area contributed by atoms with Crippen LogP contribution in [0, 0.1) is 4.91 Å². The maximum absolute atomic E-state index is 11.6. The maximum Gasteiger partial charge on any atom is 0.330 e. The number of nitroso groups, excluding NO2 is 1. The zero-order valence-corrected chi connectivity index (χ0v) is 11.8. The number of aromatic hydroxyl groups is 1. The summed E-state index contributed by atoms with van der Waals surface area (Å²) in [5.74, 6) is -0.665. The summed E-state index contributed by atoms with van der Waals surface area (Å²) in [5.41, 5.74) is 1.60. The van der Waals surface area contributed by atoms with Crippen molar-refractivity contribution >= 4 is 17.7 Å². The highest BCUT2D eigenvalue weighted by Gasteiger charge is 2.02. The molecule has 0 saturated carbocycles. The Morgan fingerprint density at radius 1 is 1.18 bits per heavy atom. The Morgan fingerprint density at radius 3 is 2.68 bits per heavy atom. The molecule has 5 nitrogen and oxygen atoms in total. The van der Waals surface area contributed by atoms with Crippen LogP contribution >= 0.6 is 0 Å². The van der Waals surface area contributed by atoms with E-state index in [1.165, 1.54) is 24.3 Å². The molecule has 0 unspecified atom stereocenters. The third-order valence-electron chi connectivity index (χ3n) is 2.99. The first-order valence-electron chi connectivity index (χ1n) is 6.74. The molecule has 22 heavy (non-hydrogen) atoms. The highest BCUT2D eigenvalue weighted by atomic mass is 16.5. The van der Waals surface area contributed by atoms with Crippen molar-refractivity contribution in [1.29, 1.82) is 0 Å². The topological polar surface area (TPSA) is 76.0 Å². The molecule has 2 rings (SSSR count). The largest absolute Gasteiger partial charge is 0.506 e. The zero-order chi connectivity index (χ0) is 15.8. The molecule has 0 heterocycles. The van der Waals surface area contributed by atoms with E-state index in [9.17, 15) is 14.8 Å². The molecular formula is C17H15NO4. The first-order valence-corrected chi connectivity index (χ1v) is 6.74. The van der Waals surface area contributed by atoms with Gasteiger partial charge in [0.1, 0.15) is 11.4 Å². The number of nitrogens with zero attached hydrogens (tertiary/aromatic N) is 1. The molecule has 0 amide bonds. The van der Waals surface area contributed by atoms with Gasteiger partial charge in [-0.15, -0.1) is 4.91 Å². The summed E-state index contributed by atoms with van der Waals surface area (Å²) in [5, 5.41) is 12.0. The summed E-state index contributed by atoms with van der Waals surface area (Å²) in [6, 6.07) is 14.0. The average Bonchev–Trinajstić information content (AvgIpc) is 2.55. The van der Waals surface area contributed by atoms with Gasteiger partial charge in [0.2, 0.25) is 0 Å². The maximum atomic E-state index is 11.6. The second-order valence-electron chi connectivity index (χ2n) is 4.58. The predicted molar refractivity (Wildman–Crippen MR) is 83.7 cm³/mol. The first kappa shape index (κ1) is 15.4. The van der Waals surface area contributed by atoms with E-state index >= 15 is 0 Å². The minimum Gasteiger partial charge on any atom is -0.506 e. The minimum absolute atomic E-state index is 0.0698. The molecule has 0 spiro atoms. The lowest BCUT2D eigenvalue weighted by molar-refractivity contribution is -0.137. The van der Waals surface area contributed by atoms with Gasteiger partial charge in [-0.3, -0.25) is 0 Å². The lowest BCUT2D eigenvalue weighted by Crippen LogP contribution is -2.04. The number of esters is 1. The number of carbonyl (C=O) groups is 1. The third-order valence-corrected chi connectivity index (χ3v) is 2.99. The fraction of sp³-hybridized carbons (Fsp3) is 0.118. The minimum atomic E-state index is -0.468. The van der Waals surface area contributed by atoms with E-state index in [0.717, 1.165) is 5.56 Å². The number of phenolic OH excluding ortho intramolecular Hbond substituents is 1. The van der Waals surface area contributed by atoms with Crippen molar-refractivity contribution in [3.05, 3.63) is 70.6 Å². The quantitative estimate of drug-likeness (QED) is 0.502. The van der Waals surface area contributed by atoms with Gasteiger partial charge < -0.3 is 9.84 Å². The van der Waals surface area contributed by atoms with Crippen LogP contribution in [0.15, 0.2) is 59.8 Å². The van der Waals surface area contributed by atoms with Crippen molar-refractivity contribution in [2.75, 3.05) is 6.61 Å². The number of hydrogen-bond acceptors (Lipinski definition) is 5. The fourth-order valence-electron chi connectivity index (χ4n) is 1.84. The number of ether oxygens (including phenoxy) is 1. The van der Waals surface area contributed by atoms with Crippen molar-refractivity contribution in [3.63, 3.8) is 0 Å². The van der Waals surface area contributed by atoms with Gasteiger partial charge in [0.25, 0.3) is 0 Å². The zero-order valence-electron chi connectivity index (χ0n) is 11.8. The highest BCUT2D eigenvalue weighted by Crippen LogP contribution is 2.27. The molecule has 0 aliphatic rings. The van der Waals surface area contributed by atoms with E-state index in [2.05, 4.69) is 5.18 Å². The van der Waals surface area contributed by atoms with Crippen LogP contribution in [-0.4, -0.2) is 17.7 Å². The lowest BCUT2D eigenvalue weighted by atomic mass is 10.1. The smallest absolute Gasteiger partial charge is 0.330 e. The van der Waals surface area contributed by atoms with Crippen molar-refractivity contribution in [1.82, 2.24) is 0 Å². The normalized spacial score (nSPS) is 10.5. The van der Waals surface area contributed by atoms with Crippen LogP contribution < -0.4 is 0 Å². The van der Waals surface area contributed by atoms with Gasteiger partial charge in [0.15, 0.2) is 0 Å². The summed E-state index contributed by atoms with van der Waals surface area (Å²) >= 11 is 0. The Morgan fingerprint density at radius 2 is 1.95 bits per heavy atom. The monoisotopic (exact) mass is 297 g/mol. The van der Waals surface area contributed by atoms with E-state index in [-0.39, 0.29) is 11.4 Å². The van der Waals surface area contributed by atoms with Gasteiger partial charge >= 0.3 is 5.97 Å². The van der Waals surface area contributed by atoms with Gasteiger partial charge in [0, 0.05) is 12.5 Å². The van der Waals surface area contributed by atoms with Crippen LogP contribution in [0.4, 0.5) is 5.69 Å². The molecule has 2 aromatic carbocycles. The van der Waals surface area contributed by atoms with Gasteiger partial charge in [-0.05, 0) is 34.5 Å². The molecule has 5 heteroatoms. The number of benzene rings is 2. The summed E-state index contributed by atoms with van der Waals surface area (Å²) in [6.45, 7) is 0.296. The van der Waals surface area contributed by atoms with Crippen LogP contribution in [0.25, 0.3) is 6.08 Å². The van der Waals surface area contributed by atoms with E-state index in [1.807, 2.05) is 30.3 Å². The van der Waals surface area contributed by atoms with Crippen LogP contribution in [0.1, 0.15) is 11.1 Å². The summed E-state index contributed by atoms with van der Waals surface area (Å²) in [6.07, 6.45) is 3.42. The molecule has 112 valence electrons. The highest BCUT2D eigenvalue weighted by molar-refractivity contribution is 5.87. The number of phenols is 1. The average molecular weight is 297 g/mol. The Balaban J connectivity index is 1.85. The van der Waals surface area contributed by atoms with Crippen molar-refractivity contribution in [2.24, 2.45) is 5.18 Å². The SMILES string of the molecule is O=Nc1cc(/C=C/C(=O)OCCc2ccccc2)ccc1O. The standard InChI is InChI=1S/C17H15NO4/c19-16-8-6-14(12-15(16)18-21)7-9-17(20)22-11-10-13-4-2-1-3-5-13/h1-9,12,19H,10-11H2/b9-7+. The van der Waals surface area contributed by atoms with Crippen molar-refractivity contribution in [2.45, 2.75) is 6.42 Å². The Kier molecular flexibility index (Phi) is 5.43. The van der Waals surface area contributed by atoms with Gasteiger partial charge in [-0.1, -0.05) is 36.4 Å². The van der Waals surface area contributed by atoms with Crippen LogP contribution in [0.2, 0.25) is 0 Å². The molecule has 0 aliphatic carbocycles. The molecule has 0 bridgehead atoms. The summed E-state index contributed by atoms with van der Waals surface area (Å²) in [7, 11) is 0.